The van der Waals surface area contributed by atoms with Crippen molar-refractivity contribution >= 4 is 27.5 Å². The number of carbonyl (C=O) groups is 2. The van der Waals surface area contributed by atoms with Crippen LogP contribution in [0, 0.1) is 5.92 Å². The quantitative estimate of drug-likeness (QED) is 0.474. The molecule has 1 atom stereocenters. The maximum Gasteiger partial charge on any atom is 0.241 e. The van der Waals surface area contributed by atoms with Crippen LogP contribution in [0.15, 0.2) is 41.3 Å². The molecule has 2 aromatic carbocycles. The number of hydrogen-bond donors (Lipinski definition) is 2. The van der Waals surface area contributed by atoms with Crippen molar-refractivity contribution in [1.29, 1.82) is 0 Å². The van der Waals surface area contributed by atoms with E-state index in [9.17, 15) is 18.0 Å². The molecule has 0 saturated carbocycles. The number of nitrogens with zero attached hydrogens (tertiary/aromatic N) is 1. The second-order valence-electron chi connectivity index (χ2n) is 9.24. The van der Waals surface area contributed by atoms with Gasteiger partial charge in [-0.25, -0.2) is 8.42 Å². The largest absolute Gasteiger partial charge is 0.493 e. The van der Waals surface area contributed by atoms with E-state index < -0.39 is 16.1 Å². The number of fused-ring (bicyclic) bond motifs is 1. The van der Waals surface area contributed by atoms with Gasteiger partial charge in [-0.05, 0) is 66.6 Å². The van der Waals surface area contributed by atoms with E-state index in [1.807, 2.05) is 26.0 Å². The van der Waals surface area contributed by atoms with Crippen LogP contribution in [0.2, 0.25) is 0 Å². The zero-order chi connectivity index (χ0) is 26.5. The fraction of sp³-hybridized carbons (Fsp3) is 0.462. The molecular weight excluding hydrogens is 482 g/mol. The molecule has 1 aliphatic heterocycles. The molecule has 3 rings (SSSR count). The normalized spacial score (nSPS) is 13.9. The van der Waals surface area contributed by atoms with Crippen LogP contribution in [0.5, 0.6) is 11.5 Å². The van der Waals surface area contributed by atoms with Gasteiger partial charge in [-0.2, -0.15) is 4.72 Å². The Morgan fingerprint density at radius 2 is 1.78 bits per heavy atom. The van der Waals surface area contributed by atoms with E-state index in [4.69, 9.17) is 9.47 Å². The number of ether oxygens (including phenoxy) is 2. The highest BCUT2D eigenvalue weighted by Gasteiger charge is 2.29. The molecule has 36 heavy (non-hydrogen) atoms. The fourth-order valence-electron chi connectivity index (χ4n) is 4.30. The van der Waals surface area contributed by atoms with Gasteiger partial charge in [0, 0.05) is 25.7 Å². The van der Waals surface area contributed by atoms with E-state index in [1.54, 1.807) is 37.3 Å². The predicted octanol–water partition coefficient (Wildman–Crippen LogP) is 2.66. The van der Waals surface area contributed by atoms with Crippen LogP contribution in [-0.2, 0) is 32.5 Å². The molecule has 0 saturated heterocycles. The highest BCUT2D eigenvalue weighted by atomic mass is 32.2. The molecule has 1 heterocycles. The van der Waals surface area contributed by atoms with Gasteiger partial charge in [0.1, 0.15) is 6.04 Å². The summed E-state index contributed by atoms with van der Waals surface area (Å²) < 4.78 is 39.5. The van der Waals surface area contributed by atoms with E-state index in [0.29, 0.717) is 43.9 Å². The molecule has 2 N–H and O–H groups in total. The number of methoxy groups -OCH3 is 2. The number of amides is 2. The van der Waals surface area contributed by atoms with Gasteiger partial charge in [0.25, 0.3) is 0 Å². The Kier molecular flexibility index (Phi) is 8.97. The number of nitrogens with one attached hydrogen (secondary N) is 2. The van der Waals surface area contributed by atoms with Crippen LogP contribution < -0.4 is 24.4 Å². The number of sulfonamides is 1. The Balaban J connectivity index is 1.68. The second-order valence-corrected chi connectivity index (χ2v) is 11.0. The molecule has 2 amide bonds. The van der Waals surface area contributed by atoms with Crippen molar-refractivity contribution in [1.82, 2.24) is 10.0 Å². The van der Waals surface area contributed by atoms with Gasteiger partial charge in [0.2, 0.25) is 21.8 Å². The lowest BCUT2D eigenvalue weighted by Gasteiger charge is -2.21. The van der Waals surface area contributed by atoms with Crippen LogP contribution in [0.1, 0.15) is 38.3 Å². The lowest BCUT2D eigenvalue weighted by atomic mass is 10.0. The summed E-state index contributed by atoms with van der Waals surface area (Å²) >= 11 is 0. The summed E-state index contributed by atoms with van der Waals surface area (Å²) in [4.78, 5) is 26.5. The molecule has 2 aromatic rings. The van der Waals surface area contributed by atoms with Crippen molar-refractivity contribution in [2.24, 2.45) is 5.92 Å². The third-order valence-corrected chi connectivity index (χ3v) is 7.59. The van der Waals surface area contributed by atoms with E-state index >= 15 is 0 Å². The minimum absolute atomic E-state index is 0.0794. The van der Waals surface area contributed by atoms with Crippen LogP contribution in [-0.4, -0.2) is 53.6 Å². The number of carbonyl (C=O) groups excluding carboxylic acids is 2. The summed E-state index contributed by atoms with van der Waals surface area (Å²) in [6.45, 7) is 6.22. The van der Waals surface area contributed by atoms with E-state index in [0.717, 1.165) is 16.8 Å². The molecule has 0 fully saturated rings. The molecule has 9 nitrogen and oxygen atoms in total. The highest BCUT2D eigenvalue weighted by Crippen LogP contribution is 2.30. The van der Waals surface area contributed by atoms with Crippen molar-refractivity contribution in [2.75, 3.05) is 32.2 Å². The summed E-state index contributed by atoms with van der Waals surface area (Å²) in [7, 11) is -0.820. The summed E-state index contributed by atoms with van der Waals surface area (Å²) in [5.74, 6) is 0.865. The Labute approximate surface area is 213 Å². The standard InChI is InChI=1S/C26H35N3O6S/c1-17(2)14-22(26(31)27-12-10-19-6-9-24(34-4)25(15-19)35-5)28-36(32,33)21-7-8-23-20(16-21)11-13-29(23)18(3)30/h6-9,15-17,22,28H,10-14H2,1-5H3,(H,27,31)/t22-/m0/s1. The van der Waals surface area contributed by atoms with Gasteiger partial charge in [-0.3, -0.25) is 9.59 Å². The van der Waals surface area contributed by atoms with Crippen molar-refractivity contribution in [3.8, 4) is 11.5 Å². The summed E-state index contributed by atoms with van der Waals surface area (Å²) in [5, 5.41) is 2.85. The lowest BCUT2D eigenvalue weighted by Crippen LogP contribution is -2.47. The number of anilines is 1. The molecule has 1 aliphatic rings. The first kappa shape index (κ1) is 27.5. The van der Waals surface area contributed by atoms with Gasteiger partial charge in [0.15, 0.2) is 11.5 Å². The minimum atomic E-state index is -3.95. The third-order valence-electron chi connectivity index (χ3n) is 6.12. The number of hydrogen-bond acceptors (Lipinski definition) is 6. The predicted molar refractivity (Wildman–Crippen MR) is 138 cm³/mol. The monoisotopic (exact) mass is 517 g/mol. The molecule has 0 spiro atoms. The zero-order valence-electron chi connectivity index (χ0n) is 21.5. The van der Waals surface area contributed by atoms with E-state index in [1.165, 1.54) is 13.0 Å². The summed E-state index contributed by atoms with van der Waals surface area (Å²) in [5.41, 5.74) is 2.48. The fourth-order valence-corrected chi connectivity index (χ4v) is 5.56. The van der Waals surface area contributed by atoms with Gasteiger partial charge in [0.05, 0.1) is 19.1 Å². The minimum Gasteiger partial charge on any atom is -0.493 e. The van der Waals surface area contributed by atoms with Crippen molar-refractivity contribution in [3.05, 3.63) is 47.5 Å². The van der Waals surface area contributed by atoms with E-state index in [-0.39, 0.29) is 22.6 Å². The van der Waals surface area contributed by atoms with Crippen LogP contribution in [0.25, 0.3) is 0 Å². The molecule has 0 radical (unpaired) electrons. The second kappa shape index (κ2) is 11.7. The first-order valence-corrected chi connectivity index (χ1v) is 13.5. The third kappa shape index (κ3) is 6.55. The Hall–Kier alpha value is -3.11. The smallest absolute Gasteiger partial charge is 0.241 e. The molecule has 0 unspecified atom stereocenters. The van der Waals surface area contributed by atoms with Crippen LogP contribution in [0.3, 0.4) is 0 Å². The van der Waals surface area contributed by atoms with Crippen molar-refractivity contribution in [2.45, 2.75) is 51.0 Å². The first-order valence-electron chi connectivity index (χ1n) is 12.0. The Bertz CT molecular complexity index is 1210. The van der Waals surface area contributed by atoms with Gasteiger partial charge >= 0.3 is 0 Å². The van der Waals surface area contributed by atoms with Crippen molar-refractivity contribution in [3.63, 3.8) is 0 Å². The average Bonchev–Trinajstić information content (AvgIpc) is 3.26. The Morgan fingerprint density at radius 3 is 2.42 bits per heavy atom. The van der Waals surface area contributed by atoms with E-state index in [2.05, 4.69) is 10.0 Å². The maximum atomic E-state index is 13.2. The average molecular weight is 518 g/mol. The van der Waals surface area contributed by atoms with Crippen molar-refractivity contribution < 1.29 is 27.5 Å². The molecule has 0 bridgehead atoms. The molecule has 0 aromatic heterocycles. The SMILES string of the molecule is COc1ccc(CCNC(=O)[C@H](CC(C)C)NS(=O)(=O)c2ccc3c(c2)CCN3C(C)=O)cc1OC. The molecule has 196 valence electrons. The molecule has 0 aliphatic carbocycles. The summed E-state index contributed by atoms with van der Waals surface area (Å²) in [6.07, 6.45) is 1.49. The number of benzene rings is 2. The lowest BCUT2D eigenvalue weighted by molar-refractivity contribution is -0.123. The maximum absolute atomic E-state index is 13.2. The van der Waals surface area contributed by atoms with Crippen LogP contribution in [0.4, 0.5) is 5.69 Å². The Morgan fingerprint density at radius 1 is 1.06 bits per heavy atom. The number of rotatable bonds is 11. The van der Waals surface area contributed by atoms with Gasteiger partial charge < -0.3 is 19.7 Å². The molecule has 10 heteroatoms. The molecular formula is C26H35N3O6S. The zero-order valence-corrected chi connectivity index (χ0v) is 22.3. The topological polar surface area (TPSA) is 114 Å². The van der Waals surface area contributed by atoms with Gasteiger partial charge in [-0.15, -0.1) is 0 Å². The van der Waals surface area contributed by atoms with Gasteiger partial charge in [-0.1, -0.05) is 19.9 Å². The summed E-state index contributed by atoms with van der Waals surface area (Å²) in [6, 6.07) is 9.34. The van der Waals surface area contributed by atoms with Crippen LogP contribution >= 0.6 is 0 Å². The first-order chi connectivity index (χ1) is 17.1. The highest BCUT2D eigenvalue weighted by molar-refractivity contribution is 7.89.